The van der Waals surface area contributed by atoms with Crippen LogP contribution in [0.3, 0.4) is 0 Å². The second kappa shape index (κ2) is 8.07. The molecule has 0 aromatic heterocycles. The molecule has 2 aromatic rings. The first-order chi connectivity index (χ1) is 12.2. The number of sulfonamides is 1. The van der Waals surface area contributed by atoms with Gasteiger partial charge in [0.05, 0.1) is 22.2 Å². The summed E-state index contributed by atoms with van der Waals surface area (Å²) in [5.74, 6) is -0.546. The lowest BCUT2D eigenvalue weighted by molar-refractivity contribution is -0.115. The minimum absolute atomic E-state index is 0.0157. The monoisotopic (exact) mass is 396 g/mol. The molecule has 8 nitrogen and oxygen atoms in total. The van der Waals surface area contributed by atoms with Crippen LogP contribution in [-0.4, -0.2) is 26.9 Å². The molecule has 2 rings (SSSR count). The first-order valence-corrected chi connectivity index (χ1v) is 9.26. The highest BCUT2D eigenvalue weighted by Crippen LogP contribution is 2.26. The Labute approximate surface area is 155 Å². The van der Waals surface area contributed by atoms with Crippen molar-refractivity contribution >= 4 is 44.9 Å². The molecule has 0 aliphatic heterocycles. The molecule has 26 heavy (non-hydrogen) atoms. The molecule has 0 fully saturated rings. The number of para-hydroxylation sites is 1. The average molecular weight is 397 g/mol. The molecule has 5 N–H and O–H groups in total. The molecule has 0 bridgehead atoms. The number of carbonyl (C=O) groups excluding carboxylic acids is 2. The van der Waals surface area contributed by atoms with Gasteiger partial charge in [-0.25, -0.2) is 13.2 Å². The summed E-state index contributed by atoms with van der Waals surface area (Å²) in [5.41, 5.74) is 5.88. The summed E-state index contributed by atoms with van der Waals surface area (Å²) in [7, 11) is -3.93. The molecule has 2 aromatic carbocycles. The maximum atomic E-state index is 12.7. The maximum absolute atomic E-state index is 12.7. The van der Waals surface area contributed by atoms with E-state index in [0.717, 1.165) is 0 Å². The lowest BCUT2D eigenvalue weighted by atomic mass is 10.2. The Morgan fingerprint density at radius 2 is 1.85 bits per heavy atom. The van der Waals surface area contributed by atoms with Crippen molar-refractivity contribution in [3.63, 3.8) is 0 Å². The van der Waals surface area contributed by atoms with E-state index in [4.69, 9.17) is 17.3 Å². The summed E-state index contributed by atoms with van der Waals surface area (Å²) in [6.45, 7) is 1.30. The number of aryl methyl sites for hydroxylation is 1. The minimum Gasteiger partial charge on any atom is -0.352 e. The molecule has 0 heterocycles. The van der Waals surface area contributed by atoms with E-state index < -0.39 is 22.0 Å². The first kappa shape index (κ1) is 19.5. The van der Waals surface area contributed by atoms with Crippen molar-refractivity contribution < 1.29 is 18.0 Å². The van der Waals surface area contributed by atoms with Crippen LogP contribution in [0, 0.1) is 6.92 Å². The van der Waals surface area contributed by atoms with Gasteiger partial charge in [0.1, 0.15) is 0 Å². The lowest BCUT2D eigenvalue weighted by Gasteiger charge is -2.13. The van der Waals surface area contributed by atoms with Crippen LogP contribution in [0.4, 0.5) is 16.2 Å². The molecular formula is C16H17ClN4O4S. The fraction of sp³-hybridized carbons (Fsp3) is 0.125. The molecule has 138 valence electrons. The van der Waals surface area contributed by atoms with E-state index in [-0.39, 0.29) is 27.8 Å². The van der Waals surface area contributed by atoms with Gasteiger partial charge in [-0.1, -0.05) is 29.8 Å². The van der Waals surface area contributed by atoms with Crippen LogP contribution >= 0.6 is 11.6 Å². The number of urea groups is 1. The van der Waals surface area contributed by atoms with Crippen LogP contribution in [0.25, 0.3) is 0 Å². The number of rotatable bonds is 6. The molecule has 0 aliphatic rings. The molecule has 0 aliphatic carbocycles. The van der Waals surface area contributed by atoms with E-state index in [2.05, 4.69) is 15.4 Å². The minimum atomic E-state index is -3.93. The molecule has 0 spiro atoms. The van der Waals surface area contributed by atoms with E-state index in [1.807, 2.05) is 0 Å². The number of nitrogens with two attached hydrogens (primary N) is 1. The molecule has 0 saturated carbocycles. The zero-order chi connectivity index (χ0) is 19.3. The predicted molar refractivity (Wildman–Crippen MR) is 99.7 cm³/mol. The summed E-state index contributed by atoms with van der Waals surface area (Å²) in [4.78, 5) is 22.3. The van der Waals surface area contributed by atoms with Gasteiger partial charge in [0.25, 0.3) is 10.0 Å². The maximum Gasteiger partial charge on any atom is 0.312 e. The van der Waals surface area contributed by atoms with E-state index >= 15 is 0 Å². The highest BCUT2D eigenvalue weighted by atomic mass is 35.5. The van der Waals surface area contributed by atoms with Crippen LogP contribution in [-0.2, 0) is 14.8 Å². The highest BCUT2D eigenvalue weighted by molar-refractivity contribution is 7.92. The van der Waals surface area contributed by atoms with Crippen LogP contribution < -0.4 is 21.1 Å². The zero-order valence-corrected chi connectivity index (χ0v) is 15.3. The van der Waals surface area contributed by atoms with Crippen LogP contribution in [0.2, 0.25) is 5.02 Å². The third kappa shape index (κ3) is 5.11. The second-order valence-corrected chi connectivity index (χ2v) is 7.39. The van der Waals surface area contributed by atoms with Crippen molar-refractivity contribution in [2.24, 2.45) is 5.73 Å². The number of halogens is 1. The lowest BCUT2D eigenvalue weighted by Crippen LogP contribution is -2.36. The normalized spacial score (nSPS) is 10.8. The third-order valence-corrected chi connectivity index (χ3v) is 5.14. The predicted octanol–water partition coefficient (Wildman–Crippen LogP) is 2.06. The third-order valence-electron chi connectivity index (χ3n) is 3.30. The largest absolute Gasteiger partial charge is 0.352 e. The molecule has 10 heteroatoms. The summed E-state index contributed by atoms with van der Waals surface area (Å²) in [5, 5.41) is 4.89. The number of primary amides is 1. The van der Waals surface area contributed by atoms with E-state index in [0.29, 0.717) is 5.56 Å². The van der Waals surface area contributed by atoms with Gasteiger partial charge in [0.15, 0.2) is 0 Å². The highest BCUT2D eigenvalue weighted by Gasteiger charge is 2.19. The SMILES string of the molecule is Cc1ccc(NC(=O)CNC(N)=O)cc1S(=O)(=O)Nc1ccccc1Cl. The van der Waals surface area contributed by atoms with Gasteiger partial charge < -0.3 is 16.4 Å². The molecule has 0 radical (unpaired) electrons. The number of anilines is 2. The molecule has 0 atom stereocenters. The van der Waals surface area contributed by atoms with Gasteiger partial charge in [0.2, 0.25) is 5.91 Å². The number of nitrogens with one attached hydrogen (secondary N) is 3. The number of hydrogen-bond donors (Lipinski definition) is 4. The Kier molecular flexibility index (Phi) is 6.06. The summed E-state index contributed by atoms with van der Waals surface area (Å²) < 4.78 is 27.8. The fourth-order valence-corrected chi connectivity index (χ4v) is 3.67. The topological polar surface area (TPSA) is 130 Å². The number of carbonyl (C=O) groups is 2. The quantitative estimate of drug-likeness (QED) is 0.595. The van der Waals surface area contributed by atoms with Crippen molar-refractivity contribution in [3.05, 3.63) is 53.1 Å². The summed E-state index contributed by atoms with van der Waals surface area (Å²) >= 11 is 5.99. The van der Waals surface area contributed by atoms with E-state index in [1.54, 1.807) is 37.3 Å². The standard InChI is InChI=1S/C16H17ClN4O4S/c1-10-6-7-11(20-15(22)9-19-16(18)23)8-14(10)26(24,25)21-13-5-3-2-4-12(13)17/h2-8,21H,9H2,1H3,(H,20,22)(H3,18,19,23). The van der Waals surface area contributed by atoms with Gasteiger partial charge in [0, 0.05) is 5.69 Å². The number of amides is 3. The van der Waals surface area contributed by atoms with Gasteiger partial charge in [-0.2, -0.15) is 0 Å². The zero-order valence-electron chi connectivity index (χ0n) is 13.7. The van der Waals surface area contributed by atoms with Gasteiger partial charge in [-0.15, -0.1) is 0 Å². The molecule has 0 unspecified atom stereocenters. The number of benzene rings is 2. The smallest absolute Gasteiger partial charge is 0.312 e. The molecule has 0 saturated heterocycles. The Morgan fingerprint density at radius 3 is 2.50 bits per heavy atom. The van der Waals surface area contributed by atoms with Crippen LogP contribution in [0.1, 0.15) is 5.56 Å². The van der Waals surface area contributed by atoms with Crippen molar-refractivity contribution in [1.82, 2.24) is 5.32 Å². The average Bonchev–Trinajstić information content (AvgIpc) is 2.56. The molecule has 3 amide bonds. The van der Waals surface area contributed by atoms with Crippen molar-refractivity contribution in [2.75, 3.05) is 16.6 Å². The Balaban J connectivity index is 2.24. The van der Waals surface area contributed by atoms with E-state index in [9.17, 15) is 18.0 Å². The van der Waals surface area contributed by atoms with Crippen molar-refractivity contribution in [2.45, 2.75) is 11.8 Å². The first-order valence-electron chi connectivity index (χ1n) is 7.40. The molecular weight excluding hydrogens is 380 g/mol. The Hall–Kier alpha value is -2.78. The second-order valence-electron chi connectivity index (χ2n) is 5.33. The van der Waals surface area contributed by atoms with Crippen LogP contribution in [0.15, 0.2) is 47.4 Å². The van der Waals surface area contributed by atoms with Crippen molar-refractivity contribution in [3.8, 4) is 0 Å². The van der Waals surface area contributed by atoms with Crippen molar-refractivity contribution in [1.29, 1.82) is 0 Å². The van der Waals surface area contributed by atoms with Gasteiger partial charge in [-0.05, 0) is 36.8 Å². The van der Waals surface area contributed by atoms with Gasteiger partial charge in [-0.3, -0.25) is 9.52 Å². The van der Waals surface area contributed by atoms with Crippen LogP contribution in [0.5, 0.6) is 0 Å². The summed E-state index contributed by atoms with van der Waals surface area (Å²) in [6.07, 6.45) is 0. The fourth-order valence-electron chi connectivity index (χ4n) is 2.08. The number of hydrogen-bond acceptors (Lipinski definition) is 4. The summed E-state index contributed by atoms with van der Waals surface area (Å²) in [6, 6.07) is 10.0. The van der Waals surface area contributed by atoms with E-state index in [1.165, 1.54) is 12.1 Å². The Morgan fingerprint density at radius 1 is 1.15 bits per heavy atom. The van der Waals surface area contributed by atoms with Gasteiger partial charge >= 0.3 is 6.03 Å². The Bertz CT molecular complexity index is 947.